The van der Waals surface area contributed by atoms with Crippen molar-refractivity contribution in [3.05, 3.63) is 297 Å². The van der Waals surface area contributed by atoms with Gasteiger partial charge >= 0.3 is 0 Å². The lowest BCUT2D eigenvalue weighted by atomic mass is 9.92. The Hall–Kier alpha value is -10.9. The second-order valence-electron chi connectivity index (χ2n) is 20.9. The third kappa shape index (κ3) is 7.70. The lowest BCUT2D eigenvalue weighted by Crippen LogP contribution is -2.03. The van der Waals surface area contributed by atoms with Gasteiger partial charge in [0.05, 0.1) is 50.2 Å². The highest BCUT2D eigenvalue weighted by Crippen LogP contribution is 2.46. The average molecular weight is 1030 g/mol. The van der Waals surface area contributed by atoms with Crippen LogP contribution in [0.1, 0.15) is 0 Å². The van der Waals surface area contributed by atoms with Crippen LogP contribution in [0.25, 0.3) is 150 Å². The van der Waals surface area contributed by atoms with E-state index in [1.165, 1.54) is 65.5 Å². The minimum Gasteiger partial charge on any atom is -0.309 e. The van der Waals surface area contributed by atoms with Crippen molar-refractivity contribution in [3.8, 4) is 84.3 Å². The van der Waals surface area contributed by atoms with Gasteiger partial charge in [-0.1, -0.05) is 212 Å². The minimum atomic E-state index is 0.641. The average Bonchev–Trinajstić information content (AvgIpc) is 4.42. The fraction of sp³-hybridized carbons (Fsp3) is 0. The minimum absolute atomic E-state index is 0.641. The van der Waals surface area contributed by atoms with E-state index in [1.807, 2.05) is 0 Å². The molecule has 16 rings (SSSR count). The summed E-state index contributed by atoms with van der Waals surface area (Å²) in [6.45, 7) is 0. The number of para-hydroxylation sites is 5. The van der Waals surface area contributed by atoms with Crippen molar-refractivity contribution in [3.63, 3.8) is 0 Å². The van der Waals surface area contributed by atoms with E-state index >= 15 is 0 Å². The predicted octanol–water partition coefficient (Wildman–Crippen LogP) is 19.8. The molecule has 0 aliphatic carbocycles. The molecule has 0 radical (unpaired) electrons. The monoisotopic (exact) mass is 1030 g/mol. The van der Waals surface area contributed by atoms with E-state index in [2.05, 4.69) is 311 Å². The summed E-state index contributed by atoms with van der Waals surface area (Å²) >= 11 is 0. The van der Waals surface area contributed by atoms with Crippen LogP contribution in [0.15, 0.2) is 297 Å². The Labute approximate surface area is 468 Å². The van der Waals surface area contributed by atoms with Crippen LogP contribution < -0.4 is 0 Å². The van der Waals surface area contributed by atoms with Crippen LogP contribution in [-0.2, 0) is 0 Å². The van der Waals surface area contributed by atoms with Gasteiger partial charge in [-0.25, -0.2) is 9.97 Å². The molecule has 0 atom stereocenters. The van der Waals surface area contributed by atoms with Gasteiger partial charge in [-0.2, -0.15) is 0 Å². The molecule has 0 saturated heterocycles. The van der Waals surface area contributed by atoms with Crippen LogP contribution in [0.5, 0.6) is 0 Å². The third-order valence-electron chi connectivity index (χ3n) is 16.3. The SMILES string of the molecule is c1ccc(-c2ccc3c(c2)c2ccccc2n3-c2c(-c3ccc(-n4c5ccccc5c5ccccc54)cc3)cc(-c3nc(-c4ccccc4)cc(-c4ccccc4)n3)cc2-c2ccc(-n3c4ccccc4c4ccccc43)cc2)cc1. The third-order valence-corrected chi connectivity index (χ3v) is 16.3. The van der Waals surface area contributed by atoms with Crippen LogP contribution in [0.2, 0.25) is 0 Å². The van der Waals surface area contributed by atoms with Crippen molar-refractivity contribution in [1.82, 2.24) is 23.7 Å². The zero-order valence-electron chi connectivity index (χ0n) is 44.0. The summed E-state index contributed by atoms with van der Waals surface area (Å²) in [4.78, 5) is 11.0. The first-order valence-corrected chi connectivity index (χ1v) is 27.6. The van der Waals surface area contributed by atoms with Gasteiger partial charge in [-0.15, -0.1) is 0 Å². The van der Waals surface area contributed by atoms with Crippen LogP contribution >= 0.6 is 0 Å². The van der Waals surface area contributed by atoms with Gasteiger partial charge < -0.3 is 13.7 Å². The van der Waals surface area contributed by atoms with E-state index in [1.54, 1.807) is 0 Å². The molecule has 0 fully saturated rings. The molecule has 0 N–H and O–H groups in total. The molecule has 378 valence electrons. The van der Waals surface area contributed by atoms with E-state index in [0.717, 1.165) is 78.4 Å². The first kappa shape index (κ1) is 46.2. The van der Waals surface area contributed by atoms with Crippen molar-refractivity contribution in [1.29, 1.82) is 0 Å². The maximum atomic E-state index is 5.49. The predicted molar refractivity (Wildman–Crippen MR) is 338 cm³/mol. The molecule has 5 nitrogen and oxygen atoms in total. The summed E-state index contributed by atoms with van der Waals surface area (Å²) in [5.41, 5.74) is 21.4. The van der Waals surface area contributed by atoms with Crippen LogP contribution in [0, 0.1) is 0 Å². The summed E-state index contributed by atoms with van der Waals surface area (Å²) in [6.07, 6.45) is 0. The number of rotatable bonds is 9. The van der Waals surface area contributed by atoms with Crippen LogP contribution in [0.3, 0.4) is 0 Å². The fourth-order valence-corrected chi connectivity index (χ4v) is 12.5. The Kier molecular flexibility index (Phi) is 10.8. The highest BCUT2D eigenvalue weighted by Gasteiger charge is 2.24. The number of benzene rings is 12. The van der Waals surface area contributed by atoms with Crippen LogP contribution in [0.4, 0.5) is 0 Å². The molecule has 16 aromatic rings. The number of nitrogens with zero attached hydrogens (tertiary/aromatic N) is 5. The highest BCUT2D eigenvalue weighted by molar-refractivity contribution is 6.13. The Morgan fingerprint density at radius 2 is 0.543 bits per heavy atom. The van der Waals surface area contributed by atoms with Gasteiger partial charge in [0.25, 0.3) is 0 Å². The molecule has 0 aliphatic heterocycles. The molecule has 5 heteroatoms. The second-order valence-corrected chi connectivity index (χ2v) is 20.9. The Morgan fingerprint density at radius 1 is 0.210 bits per heavy atom. The number of hydrogen-bond donors (Lipinski definition) is 0. The van der Waals surface area contributed by atoms with Crippen molar-refractivity contribution in [2.24, 2.45) is 0 Å². The maximum Gasteiger partial charge on any atom is 0.160 e. The molecule has 0 unspecified atom stereocenters. The topological polar surface area (TPSA) is 40.6 Å². The lowest BCUT2D eigenvalue weighted by Gasteiger charge is -2.22. The lowest BCUT2D eigenvalue weighted by molar-refractivity contribution is 1.16. The molecule has 81 heavy (non-hydrogen) atoms. The van der Waals surface area contributed by atoms with Gasteiger partial charge in [0.15, 0.2) is 5.82 Å². The van der Waals surface area contributed by atoms with E-state index in [0.29, 0.717) is 5.82 Å². The first-order chi connectivity index (χ1) is 40.2. The Balaban J connectivity index is 0.993. The molecule has 0 saturated carbocycles. The normalized spacial score (nSPS) is 11.7. The molecule has 4 aromatic heterocycles. The molecule has 0 spiro atoms. The molecule has 0 bridgehead atoms. The second kappa shape index (κ2) is 18.9. The Morgan fingerprint density at radius 3 is 0.963 bits per heavy atom. The van der Waals surface area contributed by atoms with Crippen molar-refractivity contribution in [2.45, 2.75) is 0 Å². The summed E-state index contributed by atoms with van der Waals surface area (Å²) in [7, 11) is 0. The first-order valence-electron chi connectivity index (χ1n) is 27.6. The number of hydrogen-bond acceptors (Lipinski definition) is 2. The zero-order chi connectivity index (χ0) is 53.4. The van der Waals surface area contributed by atoms with Gasteiger partial charge in [0.1, 0.15) is 0 Å². The van der Waals surface area contributed by atoms with E-state index < -0.39 is 0 Å². The summed E-state index contributed by atoms with van der Waals surface area (Å²) in [5.74, 6) is 0.641. The van der Waals surface area contributed by atoms with Crippen molar-refractivity contribution in [2.75, 3.05) is 0 Å². The molecule has 0 aliphatic rings. The van der Waals surface area contributed by atoms with Gasteiger partial charge in [0, 0.05) is 71.5 Å². The fourth-order valence-electron chi connectivity index (χ4n) is 12.5. The zero-order valence-corrected chi connectivity index (χ0v) is 44.0. The van der Waals surface area contributed by atoms with Crippen LogP contribution in [-0.4, -0.2) is 23.7 Å². The number of aromatic nitrogens is 5. The molecular weight excluding hydrogens is 983 g/mol. The van der Waals surface area contributed by atoms with Gasteiger partial charge in [0.2, 0.25) is 0 Å². The Bertz CT molecular complexity index is 4730. The number of fused-ring (bicyclic) bond motifs is 9. The van der Waals surface area contributed by atoms with Crippen molar-refractivity contribution < 1.29 is 0 Å². The molecular formula is C76H49N5. The smallest absolute Gasteiger partial charge is 0.160 e. The summed E-state index contributed by atoms with van der Waals surface area (Å²) in [5, 5.41) is 7.29. The van der Waals surface area contributed by atoms with E-state index in [-0.39, 0.29) is 0 Å². The maximum absolute atomic E-state index is 5.49. The molecule has 0 amide bonds. The van der Waals surface area contributed by atoms with Gasteiger partial charge in [-0.3, -0.25) is 0 Å². The van der Waals surface area contributed by atoms with E-state index in [4.69, 9.17) is 9.97 Å². The standard InChI is InChI=1S/C76H49N5/c1-4-20-50(21-5-1)55-40-45-74-66(46-55)63-30-14-19-35-73(63)81(74)75-64(51-36-41-57(42-37-51)79-69-31-15-10-26-59(69)60-27-11-16-32-70(60)79)47-56(76-77-67(53-22-6-2-7-23-53)49-68(78-76)54-24-8-3-9-25-54)48-65(75)52-38-43-58(44-39-52)80-71-33-17-12-28-61(71)62-29-13-18-34-72(62)80/h1-49H. The highest BCUT2D eigenvalue weighted by atomic mass is 15.0. The summed E-state index contributed by atoms with van der Waals surface area (Å²) in [6, 6.07) is 107. The molecule has 4 heterocycles. The summed E-state index contributed by atoms with van der Waals surface area (Å²) < 4.78 is 7.29. The largest absolute Gasteiger partial charge is 0.309 e. The molecule has 12 aromatic carbocycles. The quantitative estimate of drug-likeness (QED) is 0.145. The van der Waals surface area contributed by atoms with E-state index in [9.17, 15) is 0 Å². The van der Waals surface area contributed by atoms with Crippen molar-refractivity contribution >= 4 is 65.4 Å². The van der Waals surface area contributed by atoms with Gasteiger partial charge in [-0.05, 0) is 107 Å².